The number of nitrogens with zero attached hydrogens (tertiary/aromatic N) is 2. The molecule has 3 aliphatic rings. The molecule has 1 aliphatic carbocycles. The Balaban J connectivity index is 1.50. The summed E-state index contributed by atoms with van der Waals surface area (Å²) in [7, 11) is 0. The number of carboxylic acid groups (broad SMARTS) is 1. The molecule has 0 unspecified atom stereocenters. The number of carboxylic acids is 1. The SMILES string of the molecule is C[C@H]1CC[C@H](C(=O)N(c2ccsc2C(=O)O)[C@H]2CCN(C(=O)O[C@H]3CNC(=O)C3)C2)CC1. The van der Waals surface area contributed by atoms with Gasteiger partial charge in [0.15, 0.2) is 0 Å². The highest BCUT2D eigenvalue weighted by molar-refractivity contribution is 7.12. The number of anilines is 1. The average molecular weight is 464 g/mol. The van der Waals surface area contributed by atoms with Gasteiger partial charge >= 0.3 is 12.1 Å². The van der Waals surface area contributed by atoms with Crippen LogP contribution in [0.2, 0.25) is 0 Å². The van der Waals surface area contributed by atoms with Gasteiger partial charge in [0.05, 0.1) is 24.7 Å². The molecule has 2 atom stereocenters. The third-order valence-corrected chi connectivity index (χ3v) is 7.59. The van der Waals surface area contributed by atoms with Crippen molar-refractivity contribution in [1.29, 1.82) is 0 Å². The third kappa shape index (κ3) is 4.74. The highest BCUT2D eigenvalue weighted by Gasteiger charge is 2.40. The monoisotopic (exact) mass is 463 g/mol. The van der Waals surface area contributed by atoms with Crippen molar-refractivity contribution in [3.8, 4) is 0 Å². The first-order valence-electron chi connectivity index (χ1n) is 11.2. The van der Waals surface area contributed by atoms with Crippen molar-refractivity contribution < 1.29 is 29.0 Å². The van der Waals surface area contributed by atoms with Gasteiger partial charge in [-0.05, 0) is 49.5 Å². The molecule has 3 heterocycles. The summed E-state index contributed by atoms with van der Waals surface area (Å²) < 4.78 is 5.44. The molecule has 0 spiro atoms. The van der Waals surface area contributed by atoms with Crippen LogP contribution in [-0.4, -0.2) is 65.7 Å². The zero-order chi connectivity index (χ0) is 22.8. The fourth-order valence-electron chi connectivity index (χ4n) is 4.85. The average Bonchev–Trinajstić information content (AvgIpc) is 3.50. The molecule has 3 amide bonds. The maximum atomic E-state index is 13.6. The lowest BCUT2D eigenvalue weighted by Gasteiger charge is -2.34. The number of carbonyl (C=O) groups is 4. The number of thiophene rings is 1. The number of hydrogen-bond acceptors (Lipinski definition) is 6. The summed E-state index contributed by atoms with van der Waals surface area (Å²) in [6, 6.07) is 1.37. The zero-order valence-corrected chi connectivity index (χ0v) is 18.9. The van der Waals surface area contributed by atoms with Gasteiger partial charge in [0.1, 0.15) is 11.0 Å². The van der Waals surface area contributed by atoms with E-state index in [-0.39, 0.29) is 41.6 Å². The Morgan fingerprint density at radius 1 is 1.22 bits per heavy atom. The molecule has 10 heteroatoms. The van der Waals surface area contributed by atoms with Gasteiger partial charge in [-0.3, -0.25) is 9.59 Å². The van der Waals surface area contributed by atoms with Crippen LogP contribution in [-0.2, 0) is 14.3 Å². The van der Waals surface area contributed by atoms with E-state index in [1.807, 2.05) is 0 Å². The highest BCUT2D eigenvalue weighted by Crippen LogP contribution is 2.36. The van der Waals surface area contributed by atoms with Gasteiger partial charge in [-0.1, -0.05) is 6.92 Å². The lowest BCUT2D eigenvalue weighted by atomic mass is 9.82. The van der Waals surface area contributed by atoms with Crippen LogP contribution in [0.15, 0.2) is 11.4 Å². The number of carbonyl (C=O) groups excluding carboxylic acids is 3. The normalized spacial score (nSPS) is 27.8. The van der Waals surface area contributed by atoms with E-state index >= 15 is 0 Å². The molecule has 2 N–H and O–H groups in total. The van der Waals surface area contributed by atoms with Gasteiger partial charge < -0.3 is 25.0 Å². The van der Waals surface area contributed by atoms with Crippen molar-refractivity contribution in [3.05, 3.63) is 16.3 Å². The Bertz CT molecular complexity index is 894. The number of ether oxygens (including phenoxy) is 1. The van der Waals surface area contributed by atoms with Gasteiger partial charge in [-0.15, -0.1) is 11.3 Å². The van der Waals surface area contributed by atoms with Crippen LogP contribution in [0.25, 0.3) is 0 Å². The first kappa shape index (κ1) is 22.6. The molecule has 9 nitrogen and oxygen atoms in total. The van der Waals surface area contributed by atoms with E-state index in [9.17, 15) is 24.3 Å². The van der Waals surface area contributed by atoms with Crippen molar-refractivity contribution >= 4 is 40.9 Å². The molecule has 2 aliphatic heterocycles. The number of aromatic carboxylic acids is 1. The second-order valence-electron chi connectivity index (χ2n) is 9.01. The quantitative estimate of drug-likeness (QED) is 0.694. The third-order valence-electron chi connectivity index (χ3n) is 6.69. The van der Waals surface area contributed by atoms with Crippen molar-refractivity contribution in [3.63, 3.8) is 0 Å². The molecule has 4 rings (SSSR count). The van der Waals surface area contributed by atoms with Crippen molar-refractivity contribution in [2.24, 2.45) is 11.8 Å². The lowest BCUT2D eigenvalue weighted by molar-refractivity contribution is -0.124. The molecule has 2 saturated heterocycles. The molecular formula is C22H29N3O6S. The smallest absolute Gasteiger partial charge is 0.410 e. The number of amides is 3. The van der Waals surface area contributed by atoms with E-state index in [2.05, 4.69) is 12.2 Å². The molecular weight excluding hydrogens is 434 g/mol. The Labute approximate surface area is 190 Å². The fourth-order valence-corrected chi connectivity index (χ4v) is 5.57. The summed E-state index contributed by atoms with van der Waals surface area (Å²) in [5.74, 6) is -0.790. The Hall–Kier alpha value is -2.62. The first-order valence-corrected chi connectivity index (χ1v) is 12.1. The topological polar surface area (TPSA) is 116 Å². The van der Waals surface area contributed by atoms with Crippen molar-refractivity contribution in [2.45, 2.75) is 57.6 Å². The summed E-state index contributed by atoms with van der Waals surface area (Å²) in [5.41, 5.74) is 0.414. The van der Waals surface area contributed by atoms with Gasteiger partial charge in [0.2, 0.25) is 11.8 Å². The predicted octanol–water partition coefficient (Wildman–Crippen LogP) is 2.71. The Kier molecular flexibility index (Phi) is 6.68. The van der Waals surface area contributed by atoms with Crippen LogP contribution in [0.5, 0.6) is 0 Å². The molecule has 1 saturated carbocycles. The predicted molar refractivity (Wildman–Crippen MR) is 118 cm³/mol. The molecule has 174 valence electrons. The van der Waals surface area contributed by atoms with Crippen LogP contribution in [0, 0.1) is 11.8 Å². The molecule has 3 fully saturated rings. The van der Waals surface area contributed by atoms with E-state index in [4.69, 9.17) is 4.74 Å². The molecule has 32 heavy (non-hydrogen) atoms. The maximum absolute atomic E-state index is 13.6. The summed E-state index contributed by atoms with van der Waals surface area (Å²) >= 11 is 1.10. The van der Waals surface area contributed by atoms with E-state index < -0.39 is 18.2 Å². The molecule has 1 aromatic heterocycles. The molecule has 0 bridgehead atoms. The fraction of sp³-hybridized carbons (Fsp3) is 0.636. The van der Waals surface area contributed by atoms with Crippen molar-refractivity contribution in [2.75, 3.05) is 24.5 Å². The van der Waals surface area contributed by atoms with E-state index in [1.54, 1.807) is 21.2 Å². The van der Waals surface area contributed by atoms with Gasteiger partial charge in [-0.2, -0.15) is 0 Å². The van der Waals surface area contributed by atoms with Crippen LogP contribution in [0.4, 0.5) is 10.5 Å². The Morgan fingerprint density at radius 3 is 2.62 bits per heavy atom. The molecule has 0 aromatic carbocycles. The molecule has 1 aromatic rings. The zero-order valence-electron chi connectivity index (χ0n) is 18.1. The van der Waals surface area contributed by atoms with Crippen LogP contribution in [0.1, 0.15) is 55.1 Å². The van der Waals surface area contributed by atoms with E-state index in [1.165, 1.54) is 0 Å². The van der Waals surface area contributed by atoms with Gasteiger partial charge in [-0.25, -0.2) is 9.59 Å². The second-order valence-corrected chi connectivity index (χ2v) is 9.92. The number of rotatable bonds is 5. The number of likely N-dealkylation sites (tertiary alicyclic amines) is 1. The largest absolute Gasteiger partial charge is 0.477 e. The summed E-state index contributed by atoms with van der Waals surface area (Å²) in [6.45, 7) is 3.18. The van der Waals surface area contributed by atoms with Crippen LogP contribution in [0.3, 0.4) is 0 Å². The summed E-state index contributed by atoms with van der Waals surface area (Å²) in [5, 5.41) is 14.0. The minimum atomic E-state index is -1.06. The van der Waals surface area contributed by atoms with Crippen molar-refractivity contribution in [1.82, 2.24) is 10.2 Å². The van der Waals surface area contributed by atoms with Gasteiger partial charge in [0.25, 0.3) is 0 Å². The van der Waals surface area contributed by atoms with E-state index in [0.717, 1.165) is 37.0 Å². The lowest BCUT2D eigenvalue weighted by Crippen LogP contribution is -2.47. The summed E-state index contributed by atoms with van der Waals surface area (Å²) in [4.78, 5) is 52.7. The maximum Gasteiger partial charge on any atom is 0.410 e. The van der Waals surface area contributed by atoms with Crippen LogP contribution >= 0.6 is 11.3 Å². The number of nitrogens with one attached hydrogen (secondary N) is 1. The minimum absolute atomic E-state index is 0.0522. The first-order chi connectivity index (χ1) is 15.3. The van der Waals surface area contributed by atoms with E-state index in [0.29, 0.717) is 31.1 Å². The van der Waals surface area contributed by atoms with Gasteiger partial charge in [0, 0.05) is 19.0 Å². The standard InChI is InChI=1S/C22H29N3O6S/c1-13-2-4-14(5-3-13)20(27)25(17-7-9-32-19(17)21(28)29)15-6-8-24(12-15)22(30)31-16-10-18(26)23-11-16/h7,9,13-16H,2-6,8,10-12H2,1H3,(H,23,26)(H,28,29)/t13-,14-,15-,16+/m0/s1. The van der Waals surface area contributed by atoms with Crippen LogP contribution < -0.4 is 10.2 Å². The minimum Gasteiger partial charge on any atom is -0.477 e. The molecule has 0 radical (unpaired) electrons. The highest BCUT2D eigenvalue weighted by atomic mass is 32.1. The second kappa shape index (κ2) is 9.48. The number of hydrogen-bond donors (Lipinski definition) is 2. The summed E-state index contributed by atoms with van der Waals surface area (Å²) in [6.07, 6.45) is 3.27. The Morgan fingerprint density at radius 2 is 1.97 bits per heavy atom.